The summed E-state index contributed by atoms with van der Waals surface area (Å²) in [6, 6.07) is 10.3. The molecule has 1 fully saturated rings. The number of amides is 1. The average molecular weight is 333 g/mol. The van der Waals surface area contributed by atoms with Crippen LogP contribution in [0.1, 0.15) is 20.9 Å². The lowest BCUT2D eigenvalue weighted by Crippen LogP contribution is -2.49. The number of benzene rings is 1. The highest BCUT2D eigenvalue weighted by molar-refractivity contribution is 6.30. The molecule has 23 heavy (non-hydrogen) atoms. The van der Waals surface area contributed by atoms with Gasteiger partial charge in [-0.3, -0.25) is 14.5 Å². The molecule has 1 aliphatic rings. The van der Waals surface area contributed by atoms with Gasteiger partial charge in [0.2, 0.25) is 0 Å². The van der Waals surface area contributed by atoms with E-state index in [2.05, 4.69) is 4.90 Å². The van der Waals surface area contributed by atoms with Gasteiger partial charge in [-0.2, -0.15) is 0 Å². The number of nitrogens with zero attached hydrogens (tertiary/aromatic N) is 2. The van der Waals surface area contributed by atoms with Gasteiger partial charge < -0.3 is 9.32 Å². The minimum atomic E-state index is -0.0984. The lowest BCUT2D eigenvalue weighted by Gasteiger charge is -2.33. The molecular weight excluding hydrogens is 316 g/mol. The van der Waals surface area contributed by atoms with E-state index in [9.17, 15) is 9.59 Å². The Hall–Kier alpha value is -2.11. The van der Waals surface area contributed by atoms with Crippen molar-refractivity contribution in [2.45, 2.75) is 0 Å². The Labute approximate surface area is 139 Å². The second kappa shape index (κ2) is 6.98. The number of rotatable bonds is 4. The van der Waals surface area contributed by atoms with Crippen molar-refractivity contribution < 1.29 is 14.0 Å². The Morgan fingerprint density at radius 2 is 1.74 bits per heavy atom. The molecule has 0 spiro atoms. The number of hydrogen-bond donors (Lipinski definition) is 0. The van der Waals surface area contributed by atoms with E-state index in [1.165, 1.54) is 6.26 Å². The molecule has 120 valence electrons. The second-order valence-corrected chi connectivity index (χ2v) is 5.91. The first-order valence-electron chi connectivity index (χ1n) is 7.47. The highest BCUT2D eigenvalue weighted by atomic mass is 35.5. The molecule has 1 amide bonds. The molecule has 1 saturated heterocycles. The van der Waals surface area contributed by atoms with Crippen LogP contribution in [-0.4, -0.2) is 54.2 Å². The maximum atomic E-state index is 12.2. The Bertz CT molecular complexity index is 674. The summed E-state index contributed by atoms with van der Waals surface area (Å²) in [5.41, 5.74) is 0.656. The van der Waals surface area contributed by atoms with E-state index in [1.807, 2.05) is 0 Å². The Kier molecular flexibility index (Phi) is 4.79. The number of Topliss-reactive ketones (excluding diaryl/α,β-unsaturated/α-hetero) is 1. The van der Waals surface area contributed by atoms with Crippen LogP contribution in [0.5, 0.6) is 0 Å². The first kappa shape index (κ1) is 15.8. The lowest BCUT2D eigenvalue weighted by atomic mass is 10.1. The van der Waals surface area contributed by atoms with Crippen molar-refractivity contribution >= 4 is 23.3 Å². The van der Waals surface area contributed by atoms with Gasteiger partial charge in [0, 0.05) is 36.8 Å². The zero-order valence-corrected chi connectivity index (χ0v) is 13.3. The number of hydrogen-bond acceptors (Lipinski definition) is 4. The molecule has 6 heteroatoms. The van der Waals surface area contributed by atoms with Crippen LogP contribution in [0.4, 0.5) is 0 Å². The quantitative estimate of drug-likeness (QED) is 0.807. The van der Waals surface area contributed by atoms with Gasteiger partial charge in [-0.25, -0.2) is 0 Å². The van der Waals surface area contributed by atoms with Crippen LogP contribution in [0, 0.1) is 0 Å². The third-order valence-electron chi connectivity index (χ3n) is 3.92. The van der Waals surface area contributed by atoms with Crippen molar-refractivity contribution in [2.75, 3.05) is 32.7 Å². The van der Waals surface area contributed by atoms with Gasteiger partial charge in [0.25, 0.3) is 5.91 Å². The summed E-state index contributed by atoms with van der Waals surface area (Å²) in [6.07, 6.45) is 1.49. The molecule has 2 aromatic rings. The van der Waals surface area contributed by atoms with Crippen molar-refractivity contribution in [3.8, 4) is 0 Å². The molecule has 0 saturated carbocycles. The molecule has 0 unspecified atom stereocenters. The fourth-order valence-corrected chi connectivity index (χ4v) is 2.72. The molecule has 1 aliphatic heterocycles. The minimum absolute atomic E-state index is 0.0625. The van der Waals surface area contributed by atoms with Gasteiger partial charge in [0.05, 0.1) is 12.8 Å². The van der Waals surface area contributed by atoms with Gasteiger partial charge in [-0.1, -0.05) is 11.6 Å². The topological polar surface area (TPSA) is 53.8 Å². The van der Waals surface area contributed by atoms with E-state index in [4.69, 9.17) is 16.0 Å². The summed E-state index contributed by atoms with van der Waals surface area (Å²) in [7, 11) is 0. The number of carbonyl (C=O) groups is 2. The lowest BCUT2D eigenvalue weighted by molar-refractivity contribution is 0.0596. The fourth-order valence-electron chi connectivity index (χ4n) is 2.60. The highest BCUT2D eigenvalue weighted by Crippen LogP contribution is 2.12. The van der Waals surface area contributed by atoms with Crippen LogP contribution < -0.4 is 0 Å². The smallest absolute Gasteiger partial charge is 0.289 e. The van der Waals surface area contributed by atoms with Crippen LogP contribution >= 0.6 is 11.6 Å². The van der Waals surface area contributed by atoms with Crippen molar-refractivity contribution in [1.29, 1.82) is 0 Å². The number of carbonyl (C=O) groups excluding carboxylic acids is 2. The van der Waals surface area contributed by atoms with Gasteiger partial charge in [0.15, 0.2) is 11.5 Å². The SMILES string of the molecule is O=C(CN1CCN(C(=O)c2ccco2)CC1)c1ccc(Cl)cc1. The van der Waals surface area contributed by atoms with Crippen molar-refractivity contribution in [2.24, 2.45) is 0 Å². The fraction of sp³-hybridized carbons (Fsp3) is 0.294. The molecule has 0 radical (unpaired) electrons. The van der Waals surface area contributed by atoms with E-state index < -0.39 is 0 Å². The minimum Gasteiger partial charge on any atom is -0.459 e. The highest BCUT2D eigenvalue weighted by Gasteiger charge is 2.24. The third-order valence-corrected chi connectivity index (χ3v) is 4.18. The molecule has 1 aromatic heterocycles. The van der Waals surface area contributed by atoms with E-state index in [0.29, 0.717) is 49.1 Å². The van der Waals surface area contributed by atoms with Crippen LogP contribution in [0.15, 0.2) is 47.1 Å². The van der Waals surface area contributed by atoms with E-state index in [-0.39, 0.29) is 11.7 Å². The van der Waals surface area contributed by atoms with Crippen LogP contribution in [0.25, 0.3) is 0 Å². The summed E-state index contributed by atoms with van der Waals surface area (Å²) >= 11 is 5.83. The maximum absolute atomic E-state index is 12.2. The molecule has 0 atom stereocenters. The Balaban J connectivity index is 1.52. The normalized spacial score (nSPS) is 15.6. The van der Waals surface area contributed by atoms with Gasteiger partial charge in [0.1, 0.15) is 0 Å². The molecule has 0 N–H and O–H groups in total. The monoisotopic (exact) mass is 332 g/mol. The third kappa shape index (κ3) is 3.81. The Morgan fingerprint density at radius 1 is 1.04 bits per heavy atom. The molecule has 0 aliphatic carbocycles. The molecule has 5 nitrogen and oxygen atoms in total. The largest absolute Gasteiger partial charge is 0.459 e. The first-order chi connectivity index (χ1) is 11.1. The van der Waals surface area contributed by atoms with Crippen molar-refractivity contribution in [1.82, 2.24) is 9.80 Å². The predicted octanol–water partition coefficient (Wildman–Crippen LogP) is 2.57. The van der Waals surface area contributed by atoms with Gasteiger partial charge in [-0.05, 0) is 36.4 Å². The summed E-state index contributed by atoms with van der Waals surface area (Å²) in [5, 5.41) is 0.617. The molecule has 2 heterocycles. The number of piperazine rings is 1. The van der Waals surface area contributed by atoms with Crippen LogP contribution in [0.2, 0.25) is 5.02 Å². The standard InChI is InChI=1S/C17H17ClN2O3/c18-14-5-3-13(4-6-14)15(21)12-19-7-9-20(10-8-19)17(22)16-2-1-11-23-16/h1-6,11H,7-10,12H2. The van der Waals surface area contributed by atoms with Gasteiger partial charge >= 0.3 is 0 Å². The number of halogens is 1. The second-order valence-electron chi connectivity index (χ2n) is 5.48. The zero-order chi connectivity index (χ0) is 16.2. The van der Waals surface area contributed by atoms with Gasteiger partial charge in [-0.15, -0.1) is 0 Å². The predicted molar refractivity (Wildman–Crippen MR) is 86.8 cm³/mol. The number of ketones is 1. The molecule has 3 rings (SSSR count). The molecular formula is C17H17ClN2O3. The molecule has 0 bridgehead atoms. The zero-order valence-electron chi connectivity index (χ0n) is 12.6. The van der Waals surface area contributed by atoms with E-state index in [0.717, 1.165) is 0 Å². The summed E-state index contributed by atoms with van der Waals surface area (Å²) in [4.78, 5) is 28.2. The van der Waals surface area contributed by atoms with E-state index >= 15 is 0 Å². The maximum Gasteiger partial charge on any atom is 0.289 e. The molecule has 1 aromatic carbocycles. The first-order valence-corrected chi connectivity index (χ1v) is 7.85. The summed E-state index contributed by atoms with van der Waals surface area (Å²) in [6.45, 7) is 2.88. The summed E-state index contributed by atoms with van der Waals surface area (Å²) < 4.78 is 5.14. The average Bonchev–Trinajstić information content (AvgIpc) is 3.10. The summed E-state index contributed by atoms with van der Waals surface area (Å²) in [5.74, 6) is 0.321. The van der Waals surface area contributed by atoms with Crippen molar-refractivity contribution in [3.63, 3.8) is 0 Å². The van der Waals surface area contributed by atoms with Crippen LogP contribution in [-0.2, 0) is 0 Å². The number of furan rings is 1. The van der Waals surface area contributed by atoms with Crippen molar-refractivity contribution in [3.05, 3.63) is 59.0 Å². The van der Waals surface area contributed by atoms with E-state index in [1.54, 1.807) is 41.3 Å². The van der Waals surface area contributed by atoms with Crippen LogP contribution in [0.3, 0.4) is 0 Å². The Morgan fingerprint density at radius 3 is 2.35 bits per heavy atom.